The fourth-order valence-corrected chi connectivity index (χ4v) is 8.32. The van der Waals surface area contributed by atoms with E-state index in [9.17, 15) is 0 Å². The molecular weight excluding hydrogens is 429 g/mol. The molecule has 0 radical (unpaired) electrons. The first kappa shape index (κ1) is 23.5. The number of hydrogen-bond donors (Lipinski definition) is 0. The van der Waals surface area contributed by atoms with Crippen LogP contribution in [-0.4, -0.2) is 0 Å². The van der Waals surface area contributed by atoms with Gasteiger partial charge in [-0.3, -0.25) is 0 Å². The third kappa shape index (κ3) is 5.17. The quantitative estimate of drug-likeness (QED) is 0.394. The third-order valence-electron chi connectivity index (χ3n) is 5.48. The third-order valence-corrected chi connectivity index (χ3v) is 9.86. The number of nitriles is 1. The molecule has 4 rings (SSSR count). The minimum absolute atomic E-state index is 0. The molecule has 0 saturated heterocycles. The summed E-state index contributed by atoms with van der Waals surface area (Å²) in [5.41, 5.74) is 2.45. The molecule has 4 aromatic carbocycles. The minimum atomic E-state index is -1.90. The average molecular weight is 454 g/mol. The Morgan fingerprint density at radius 1 is 0.656 bits per heavy atom. The molecule has 0 N–H and O–H groups in total. The fraction of sp³-hybridized carbons (Fsp3) is 0.0690. The predicted octanol–water partition coefficient (Wildman–Crippen LogP) is 3.11. The molecular formula is C29H25ClNP. The zero-order chi connectivity index (χ0) is 21.4. The normalized spacial score (nSPS) is 11.0. The second-order valence-electron chi connectivity index (χ2n) is 7.48. The maximum absolute atomic E-state index is 8.83. The van der Waals surface area contributed by atoms with Gasteiger partial charge in [-0.15, -0.1) is 0 Å². The van der Waals surface area contributed by atoms with Crippen LogP contribution >= 0.6 is 7.26 Å². The molecule has 0 bridgehead atoms. The van der Waals surface area contributed by atoms with Crippen LogP contribution in [0, 0.1) is 11.3 Å². The van der Waals surface area contributed by atoms with E-state index in [-0.39, 0.29) is 12.4 Å². The van der Waals surface area contributed by atoms with Crippen molar-refractivity contribution in [1.29, 1.82) is 5.26 Å². The van der Waals surface area contributed by atoms with Crippen molar-refractivity contribution in [2.24, 2.45) is 0 Å². The summed E-state index contributed by atoms with van der Waals surface area (Å²) in [5, 5.41) is 13.0. The number of benzene rings is 4. The van der Waals surface area contributed by atoms with Gasteiger partial charge in [0, 0.05) is 0 Å². The summed E-state index contributed by atoms with van der Waals surface area (Å²) in [5.74, 6) is 0. The SMILES string of the molecule is N#CCC=Cc1cccc(C[P+](c2ccccc2)(c2ccccc2)c2ccccc2)c1.[Cl-]. The van der Waals surface area contributed by atoms with Crippen LogP contribution in [0.4, 0.5) is 0 Å². The van der Waals surface area contributed by atoms with E-state index in [1.165, 1.54) is 21.5 Å². The lowest BCUT2D eigenvalue weighted by Gasteiger charge is -2.28. The van der Waals surface area contributed by atoms with Gasteiger partial charge in [0.25, 0.3) is 0 Å². The van der Waals surface area contributed by atoms with Gasteiger partial charge in [0.05, 0.1) is 18.7 Å². The van der Waals surface area contributed by atoms with Crippen molar-refractivity contribution in [3.05, 3.63) is 132 Å². The molecule has 0 aromatic heterocycles. The molecule has 32 heavy (non-hydrogen) atoms. The lowest BCUT2D eigenvalue weighted by molar-refractivity contribution is -0.00000626. The lowest BCUT2D eigenvalue weighted by atomic mass is 10.1. The van der Waals surface area contributed by atoms with E-state index >= 15 is 0 Å². The van der Waals surface area contributed by atoms with Crippen molar-refractivity contribution in [2.75, 3.05) is 0 Å². The van der Waals surface area contributed by atoms with E-state index in [0.29, 0.717) is 6.42 Å². The van der Waals surface area contributed by atoms with Crippen LogP contribution in [-0.2, 0) is 6.16 Å². The van der Waals surface area contributed by atoms with Crippen LogP contribution in [0.1, 0.15) is 17.5 Å². The second kappa shape index (κ2) is 11.4. The van der Waals surface area contributed by atoms with Crippen molar-refractivity contribution in [2.45, 2.75) is 12.6 Å². The van der Waals surface area contributed by atoms with E-state index in [0.717, 1.165) is 11.7 Å². The van der Waals surface area contributed by atoms with Crippen LogP contribution in [0.5, 0.6) is 0 Å². The maximum atomic E-state index is 8.83. The molecule has 0 fully saturated rings. The Kier molecular flexibility index (Phi) is 8.41. The van der Waals surface area contributed by atoms with Gasteiger partial charge >= 0.3 is 0 Å². The molecule has 0 heterocycles. The Bertz CT molecular complexity index is 1090. The highest BCUT2D eigenvalue weighted by molar-refractivity contribution is 7.95. The molecule has 4 aromatic rings. The second-order valence-corrected chi connectivity index (χ2v) is 11.0. The summed E-state index contributed by atoms with van der Waals surface area (Å²) < 4.78 is 0. The van der Waals surface area contributed by atoms with Gasteiger partial charge < -0.3 is 12.4 Å². The van der Waals surface area contributed by atoms with Gasteiger partial charge in [-0.05, 0) is 53.6 Å². The number of rotatable bonds is 7. The zero-order valence-corrected chi connectivity index (χ0v) is 19.5. The molecule has 158 valence electrons. The summed E-state index contributed by atoms with van der Waals surface area (Å²) in [6.07, 6.45) is 5.34. The summed E-state index contributed by atoms with van der Waals surface area (Å²) in [4.78, 5) is 0. The van der Waals surface area contributed by atoms with Crippen molar-refractivity contribution < 1.29 is 12.4 Å². The minimum Gasteiger partial charge on any atom is -1.00 e. The molecule has 0 aliphatic heterocycles. The molecule has 0 unspecified atom stereocenters. The van der Waals surface area contributed by atoms with Crippen LogP contribution in [0.25, 0.3) is 6.08 Å². The highest BCUT2D eigenvalue weighted by atomic mass is 35.5. The topological polar surface area (TPSA) is 23.8 Å². The highest BCUT2D eigenvalue weighted by Gasteiger charge is 2.45. The Morgan fingerprint density at radius 2 is 1.16 bits per heavy atom. The summed E-state index contributed by atoms with van der Waals surface area (Å²) in [6.45, 7) is 0. The van der Waals surface area contributed by atoms with Crippen LogP contribution < -0.4 is 28.3 Å². The van der Waals surface area contributed by atoms with E-state index in [2.05, 4.69) is 121 Å². The number of hydrogen-bond acceptors (Lipinski definition) is 1. The number of nitrogens with zero attached hydrogens (tertiary/aromatic N) is 1. The summed E-state index contributed by atoms with van der Waals surface area (Å²) >= 11 is 0. The molecule has 1 nitrogen and oxygen atoms in total. The molecule has 3 heteroatoms. The van der Waals surface area contributed by atoms with Gasteiger partial charge in [-0.2, -0.15) is 5.26 Å². The van der Waals surface area contributed by atoms with Crippen molar-refractivity contribution in [3.8, 4) is 6.07 Å². The van der Waals surface area contributed by atoms with E-state index < -0.39 is 7.26 Å². The predicted molar refractivity (Wildman–Crippen MR) is 135 cm³/mol. The monoisotopic (exact) mass is 453 g/mol. The van der Waals surface area contributed by atoms with Crippen LogP contribution in [0.2, 0.25) is 0 Å². The first-order valence-corrected chi connectivity index (χ1v) is 12.5. The van der Waals surface area contributed by atoms with Gasteiger partial charge in [0.1, 0.15) is 23.2 Å². The molecule has 0 saturated carbocycles. The van der Waals surface area contributed by atoms with Gasteiger partial charge in [0.15, 0.2) is 0 Å². The number of allylic oxidation sites excluding steroid dienone is 1. The fourth-order valence-electron chi connectivity index (χ4n) is 4.09. The molecule has 0 spiro atoms. The zero-order valence-electron chi connectivity index (χ0n) is 17.8. The van der Waals surface area contributed by atoms with Crippen molar-refractivity contribution in [1.82, 2.24) is 0 Å². The van der Waals surface area contributed by atoms with Gasteiger partial charge in [0.2, 0.25) is 0 Å². The van der Waals surface area contributed by atoms with E-state index in [4.69, 9.17) is 5.26 Å². The molecule has 0 atom stereocenters. The van der Waals surface area contributed by atoms with Gasteiger partial charge in [-0.1, -0.05) is 84.9 Å². The standard InChI is InChI=1S/C29H25NP.ClH/c30-22-11-10-13-25-14-12-15-26(23-25)24-31(27-16-4-1-5-17-27,28-18-6-2-7-19-28)29-20-8-3-9-21-29;/h1-10,12-21,23H,11,24H2;1H/q+1;/p-1. The summed E-state index contributed by atoms with van der Waals surface area (Å²) in [6, 6.07) is 43.8. The molecule has 0 amide bonds. The Labute approximate surface area is 197 Å². The van der Waals surface area contributed by atoms with E-state index in [1.54, 1.807) is 0 Å². The van der Waals surface area contributed by atoms with Crippen LogP contribution in [0.15, 0.2) is 121 Å². The average Bonchev–Trinajstić information content (AvgIpc) is 2.85. The van der Waals surface area contributed by atoms with Crippen LogP contribution in [0.3, 0.4) is 0 Å². The summed E-state index contributed by atoms with van der Waals surface area (Å²) in [7, 11) is -1.90. The first-order valence-electron chi connectivity index (χ1n) is 10.5. The lowest BCUT2D eigenvalue weighted by Crippen LogP contribution is -3.00. The molecule has 0 aliphatic rings. The van der Waals surface area contributed by atoms with Gasteiger partial charge in [-0.25, -0.2) is 0 Å². The Morgan fingerprint density at radius 3 is 1.62 bits per heavy atom. The maximum Gasteiger partial charge on any atom is 0.116 e. The Hall–Kier alpha value is -3.17. The Balaban J connectivity index is 0.00000289. The molecule has 0 aliphatic carbocycles. The van der Waals surface area contributed by atoms with Crippen molar-refractivity contribution >= 4 is 29.3 Å². The first-order chi connectivity index (χ1) is 15.3. The van der Waals surface area contributed by atoms with Crippen molar-refractivity contribution in [3.63, 3.8) is 0 Å². The number of halogens is 1. The highest BCUT2D eigenvalue weighted by Crippen LogP contribution is 2.58. The smallest absolute Gasteiger partial charge is 0.116 e. The van der Waals surface area contributed by atoms with E-state index in [1.807, 2.05) is 12.2 Å². The largest absolute Gasteiger partial charge is 1.00 e.